The van der Waals surface area contributed by atoms with Gasteiger partial charge in [-0.1, -0.05) is 19.1 Å². The minimum absolute atomic E-state index is 0.123. The van der Waals surface area contributed by atoms with Gasteiger partial charge in [-0.25, -0.2) is 9.37 Å². The van der Waals surface area contributed by atoms with Crippen molar-refractivity contribution < 1.29 is 9.18 Å². The summed E-state index contributed by atoms with van der Waals surface area (Å²) in [6.07, 6.45) is 0.691. The van der Waals surface area contributed by atoms with Crippen molar-refractivity contribution >= 4 is 5.91 Å². The van der Waals surface area contributed by atoms with E-state index >= 15 is 0 Å². The molecule has 0 atom stereocenters. The summed E-state index contributed by atoms with van der Waals surface area (Å²) in [5.74, 6) is 0.239. The van der Waals surface area contributed by atoms with Crippen LogP contribution in [0.3, 0.4) is 0 Å². The Kier molecular flexibility index (Phi) is 4.12. The Labute approximate surface area is 116 Å². The molecule has 0 fully saturated rings. The molecule has 0 unspecified atom stereocenters. The fourth-order valence-corrected chi connectivity index (χ4v) is 1.95. The number of aromatic nitrogens is 3. The summed E-state index contributed by atoms with van der Waals surface area (Å²) in [7, 11) is 0. The first-order chi connectivity index (χ1) is 9.51. The third kappa shape index (κ3) is 3.01. The van der Waals surface area contributed by atoms with Gasteiger partial charge in [0.2, 0.25) is 5.82 Å². The number of rotatable bonds is 4. The number of hydrogen-bond acceptors (Lipinski definition) is 3. The standard InChI is InChI=1S/C14H17FN4O/c1-4-11-17-13(19-18-11)14(20)16-7-10-5-8(2)12(15)9(3)6-10/h5-6H,4,7H2,1-3H3,(H,16,20)(H,17,18,19). The Morgan fingerprint density at radius 2 is 2.00 bits per heavy atom. The topological polar surface area (TPSA) is 70.7 Å². The molecule has 1 heterocycles. The first-order valence-electron chi connectivity index (χ1n) is 6.46. The highest BCUT2D eigenvalue weighted by Gasteiger charge is 2.12. The lowest BCUT2D eigenvalue weighted by atomic mass is 10.1. The maximum atomic E-state index is 13.5. The Morgan fingerprint density at radius 1 is 1.35 bits per heavy atom. The number of halogens is 1. The number of carbonyl (C=O) groups excluding carboxylic acids is 1. The second-order valence-electron chi connectivity index (χ2n) is 4.69. The molecule has 1 amide bonds. The number of H-pyrrole nitrogens is 1. The smallest absolute Gasteiger partial charge is 0.291 e. The third-order valence-electron chi connectivity index (χ3n) is 3.02. The zero-order valence-corrected chi connectivity index (χ0v) is 11.7. The van der Waals surface area contributed by atoms with Crippen molar-refractivity contribution in [3.8, 4) is 0 Å². The van der Waals surface area contributed by atoms with Gasteiger partial charge >= 0.3 is 0 Å². The van der Waals surface area contributed by atoms with Crippen molar-refractivity contribution in [2.45, 2.75) is 33.7 Å². The Hall–Kier alpha value is -2.24. The van der Waals surface area contributed by atoms with Crippen LogP contribution >= 0.6 is 0 Å². The molecular formula is C14H17FN4O. The van der Waals surface area contributed by atoms with Crippen molar-refractivity contribution in [3.63, 3.8) is 0 Å². The lowest BCUT2D eigenvalue weighted by Crippen LogP contribution is -2.24. The monoisotopic (exact) mass is 276 g/mol. The molecule has 2 aromatic rings. The summed E-state index contributed by atoms with van der Waals surface area (Å²) in [6, 6.07) is 3.44. The minimum atomic E-state index is -0.347. The molecule has 0 saturated heterocycles. The molecule has 2 N–H and O–H groups in total. The van der Waals surface area contributed by atoms with Gasteiger partial charge in [-0.2, -0.15) is 0 Å². The van der Waals surface area contributed by atoms with Gasteiger partial charge in [-0.3, -0.25) is 9.89 Å². The van der Waals surface area contributed by atoms with Gasteiger partial charge < -0.3 is 5.32 Å². The van der Waals surface area contributed by atoms with Gasteiger partial charge in [0.15, 0.2) is 0 Å². The van der Waals surface area contributed by atoms with E-state index in [0.29, 0.717) is 29.9 Å². The average Bonchev–Trinajstić information content (AvgIpc) is 2.91. The van der Waals surface area contributed by atoms with Crippen molar-refractivity contribution in [2.24, 2.45) is 0 Å². The number of carbonyl (C=O) groups is 1. The molecule has 20 heavy (non-hydrogen) atoms. The number of hydrogen-bond donors (Lipinski definition) is 2. The zero-order chi connectivity index (χ0) is 14.7. The van der Waals surface area contributed by atoms with Gasteiger partial charge in [-0.15, -0.1) is 5.10 Å². The number of aromatic amines is 1. The number of nitrogens with zero attached hydrogens (tertiary/aromatic N) is 2. The van der Waals surface area contributed by atoms with Crippen molar-refractivity contribution in [2.75, 3.05) is 0 Å². The van der Waals surface area contributed by atoms with E-state index in [-0.39, 0.29) is 17.5 Å². The van der Waals surface area contributed by atoms with Crippen LogP contribution < -0.4 is 5.32 Å². The number of aryl methyl sites for hydroxylation is 3. The summed E-state index contributed by atoms with van der Waals surface area (Å²) in [6.45, 7) is 5.65. The highest BCUT2D eigenvalue weighted by atomic mass is 19.1. The second kappa shape index (κ2) is 5.81. The summed E-state index contributed by atoms with van der Waals surface area (Å²) in [4.78, 5) is 15.9. The van der Waals surface area contributed by atoms with Gasteiger partial charge in [0, 0.05) is 13.0 Å². The summed E-state index contributed by atoms with van der Waals surface area (Å²) < 4.78 is 13.5. The molecule has 0 saturated carbocycles. The molecule has 0 spiro atoms. The number of amides is 1. The number of nitrogens with one attached hydrogen (secondary N) is 2. The Balaban J connectivity index is 2.03. The van der Waals surface area contributed by atoms with Crippen LogP contribution in [0.4, 0.5) is 4.39 Å². The van der Waals surface area contributed by atoms with E-state index in [4.69, 9.17) is 0 Å². The molecular weight excluding hydrogens is 259 g/mol. The predicted molar refractivity (Wildman–Crippen MR) is 72.8 cm³/mol. The molecule has 1 aromatic carbocycles. The molecule has 2 rings (SSSR count). The highest BCUT2D eigenvalue weighted by molar-refractivity contribution is 5.90. The van der Waals surface area contributed by atoms with E-state index < -0.39 is 0 Å². The normalized spacial score (nSPS) is 10.6. The molecule has 0 radical (unpaired) electrons. The van der Waals surface area contributed by atoms with Gasteiger partial charge in [0.1, 0.15) is 11.6 Å². The van der Waals surface area contributed by atoms with E-state index in [1.807, 2.05) is 6.92 Å². The van der Waals surface area contributed by atoms with Crippen LogP contribution in [0.5, 0.6) is 0 Å². The lowest BCUT2D eigenvalue weighted by molar-refractivity contribution is 0.0941. The molecule has 0 aliphatic carbocycles. The molecule has 106 valence electrons. The molecule has 0 aliphatic rings. The van der Waals surface area contributed by atoms with Crippen LogP contribution in [-0.2, 0) is 13.0 Å². The highest BCUT2D eigenvalue weighted by Crippen LogP contribution is 2.14. The minimum Gasteiger partial charge on any atom is -0.345 e. The fraction of sp³-hybridized carbons (Fsp3) is 0.357. The summed E-state index contributed by atoms with van der Waals surface area (Å²) >= 11 is 0. The van der Waals surface area contributed by atoms with E-state index in [2.05, 4.69) is 20.5 Å². The van der Waals surface area contributed by atoms with E-state index in [1.165, 1.54) is 0 Å². The molecule has 0 bridgehead atoms. The second-order valence-corrected chi connectivity index (χ2v) is 4.69. The SMILES string of the molecule is CCc1nc(C(=O)NCc2cc(C)c(F)c(C)c2)n[nH]1. The van der Waals surface area contributed by atoms with Crippen LogP contribution in [0, 0.1) is 19.7 Å². The van der Waals surface area contributed by atoms with Gasteiger partial charge in [0.25, 0.3) is 5.91 Å². The molecule has 6 heteroatoms. The van der Waals surface area contributed by atoms with Crippen molar-refractivity contribution in [3.05, 3.63) is 46.3 Å². The van der Waals surface area contributed by atoms with E-state index in [9.17, 15) is 9.18 Å². The maximum Gasteiger partial charge on any atom is 0.291 e. The molecule has 1 aromatic heterocycles. The van der Waals surface area contributed by atoms with Crippen LogP contribution in [0.15, 0.2) is 12.1 Å². The van der Waals surface area contributed by atoms with E-state index in [1.54, 1.807) is 26.0 Å². The predicted octanol–water partition coefficient (Wildman–Crippen LogP) is 2.05. The van der Waals surface area contributed by atoms with Crippen molar-refractivity contribution in [1.82, 2.24) is 20.5 Å². The Bertz CT molecular complexity index is 613. The first-order valence-corrected chi connectivity index (χ1v) is 6.46. The van der Waals surface area contributed by atoms with Gasteiger partial charge in [-0.05, 0) is 30.5 Å². The van der Waals surface area contributed by atoms with Gasteiger partial charge in [0.05, 0.1) is 0 Å². The van der Waals surface area contributed by atoms with E-state index in [0.717, 1.165) is 5.56 Å². The number of benzene rings is 1. The van der Waals surface area contributed by atoms with Crippen LogP contribution in [-0.4, -0.2) is 21.1 Å². The van der Waals surface area contributed by atoms with Crippen LogP contribution in [0.25, 0.3) is 0 Å². The summed E-state index contributed by atoms with van der Waals surface area (Å²) in [5, 5.41) is 9.25. The largest absolute Gasteiger partial charge is 0.345 e. The molecule has 0 aliphatic heterocycles. The third-order valence-corrected chi connectivity index (χ3v) is 3.02. The maximum absolute atomic E-state index is 13.5. The quantitative estimate of drug-likeness (QED) is 0.898. The van der Waals surface area contributed by atoms with Crippen molar-refractivity contribution in [1.29, 1.82) is 0 Å². The zero-order valence-electron chi connectivity index (χ0n) is 11.7. The summed E-state index contributed by atoms with van der Waals surface area (Å²) in [5.41, 5.74) is 1.99. The van der Waals surface area contributed by atoms with Crippen LogP contribution in [0.1, 0.15) is 40.1 Å². The Morgan fingerprint density at radius 3 is 2.55 bits per heavy atom. The molecule has 5 nitrogen and oxygen atoms in total. The fourth-order valence-electron chi connectivity index (χ4n) is 1.95. The average molecular weight is 276 g/mol. The first kappa shape index (κ1) is 14.2. The van der Waals surface area contributed by atoms with Crippen LogP contribution in [0.2, 0.25) is 0 Å². The lowest BCUT2D eigenvalue weighted by Gasteiger charge is -2.07.